The molecule has 0 bridgehead atoms. The van der Waals surface area contributed by atoms with Crippen LogP contribution >= 0.6 is 0 Å². The van der Waals surface area contributed by atoms with E-state index in [4.69, 9.17) is 0 Å². The molecule has 1 fully saturated rings. The maximum atomic E-state index is 14.1. The summed E-state index contributed by atoms with van der Waals surface area (Å²) in [6, 6.07) is 9.14. The summed E-state index contributed by atoms with van der Waals surface area (Å²) in [5.41, 5.74) is 3.57. The largest absolute Gasteiger partial charge is 0.369 e. The van der Waals surface area contributed by atoms with Gasteiger partial charge in [-0.05, 0) is 56.3 Å². The Kier molecular flexibility index (Phi) is 7.92. The molecular formula is C25H34FN5O2. The van der Waals surface area contributed by atoms with E-state index in [1.165, 1.54) is 17.0 Å². The topological polar surface area (TPSA) is 67.9 Å². The summed E-state index contributed by atoms with van der Waals surface area (Å²) in [5, 5.41) is 5.76. The van der Waals surface area contributed by atoms with Crippen LogP contribution in [0.1, 0.15) is 41.4 Å². The number of carbonyl (C=O) groups excluding carboxylic acids is 2. The zero-order valence-electron chi connectivity index (χ0n) is 20.1. The summed E-state index contributed by atoms with van der Waals surface area (Å²) < 4.78 is 14.1. The third-order valence-corrected chi connectivity index (χ3v) is 6.10. The number of urea groups is 1. The van der Waals surface area contributed by atoms with Crippen LogP contribution in [0.5, 0.6) is 0 Å². The lowest BCUT2D eigenvalue weighted by Crippen LogP contribution is -2.46. The second-order valence-corrected chi connectivity index (χ2v) is 8.67. The van der Waals surface area contributed by atoms with Crippen molar-refractivity contribution in [2.24, 2.45) is 0 Å². The van der Waals surface area contributed by atoms with Crippen LogP contribution in [0.15, 0.2) is 36.4 Å². The standard InChI is InChI=1S/C25H34FN5O2/c1-6-30-11-13-31(14-12-30)23-10-9-20(26)16-21(23)18(3)27-25(33)28-22-15-19(8-7-17(22)2)24(32)29(4)5/h7-10,15-16,18H,6,11-14H2,1-5H3,(H2,27,28,33). The lowest BCUT2D eigenvalue weighted by molar-refractivity contribution is 0.0827. The van der Waals surface area contributed by atoms with E-state index in [0.717, 1.165) is 49.5 Å². The van der Waals surface area contributed by atoms with Crippen LogP contribution < -0.4 is 15.5 Å². The smallest absolute Gasteiger partial charge is 0.319 e. The third-order valence-electron chi connectivity index (χ3n) is 6.10. The number of hydrogen-bond acceptors (Lipinski definition) is 4. The molecule has 0 saturated carbocycles. The summed E-state index contributed by atoms with van der Waals surface area (Å²) in [6.07, 6.45) is 0. The molecule has 0 aliphatic carbocycles. The Morgan fingerprint density at radius 2 is 1.79 bits per heavy atom. The molecule has 1 aliphatic heterocycles. The van der Waals surface area contributed by atoms with Gasteiger partial charge in [-0.1, -0.05) is 13.0 Å². The minimum atomic E-state index is -0.411. The summed E-state index contributed by atoms with van der Waals surface area (Å²) >= 11 is 0. The highest BCUT2D eigenvalue weighted by atomic mass is 19.1. The molecule has 0 radical (unpaired) electrons. The summed E-state index contributed by atoms with van der Waals surface area (Å²) in [5.74, 6) is -0.472. The molecule has 2 aromatic rings. The van der Waals surface area contributed by atoms with E-state index >= 15 is 0 Å². The monoisotopic (exact) mass is 455 g/mol. The van der Waals surface area contributed by atoms with Gasteiger partial charge in [0.05, 0.1) is 6.04 Å². The molecule has 0 aromatic heterocycles. The molecule has 2 N–H and O–H groups in total. The molecule has 33 heavy (non-hydrogen) atoms. The van der Waals surface area contributed by atoms with E-state index in [1.54, 1.807) is 38.4 Å². The zero-order chi connectivity index (χ0) is 24.1. The number of piperazine rings is 1. The van der Waals surface area contributed by atoms with E-state index < -0.39 is 12.1 Å². The van der Waals surface area contributed by atoms with Gasteiger partial charge in [0.15, 0.2) is 0 Å². The van der Waals surface area contributed by atoms with Gasteiger partial charge in [0, 0.05) is 62.8 Å². The molecule has 1 saturated heterocycles. The number of hydrogen-bond donors (Lipinski definition) is 2. The van der Waals surface area contributed by atoms with Gasteiger partial charge in [-0.15, -0.1) is 0 Å². The Bertz CT molecular complexity index is 1000. The molecule has 1 aliphatic rings. The highest BCUT2D eigenvalue weighted by Crippen LogP contribution is 2.28. The van der Waals surface area contributed by atoms with Crippen molar-refractivity contribution in [1.82, 2.24) is 15.1 Å². The maximum absolute atomic E-state index is 14.1. The van der Waals surface area contributed by atoms with Crippen molar-refractivity contribution in [3.8, 4) is 0 Å². The molecule has 1 atom stereocenters. The van der Waals surface area contributed by atoms with Crippen LogP contribution in [0.3, 0.4) is 0 Å². The molecule has 8 heteroatoms. The van der Waals surface area contributed by atoms with Crippen LogP contribution in [-0.2, 0) is 0 Å². The summed E-state index contributed by atoms with van der Waals surface area (Å²) in [4.78, 5) is 31.2. The Morgan fingerprint density at radius 1 is 1.09 bits per heavy atom. The van der Waals surface area contributed by atoms with E-state index in [1.807, 2.05) is 13.8 Å². The predicted molar refractivity (Wildman–Crippen MR) is 130 cm³/mol. The number of amides is 3. The highest BCUT2D eigenvalue weighted by molar-refractivity contribution is 5.97. The second-order valence-electron chi connectivity index (χ2n) is 8.67. The fourth-order valence-electron chi connectivity index (χ4n) is 4.05. The van der Waals surface area contributed by atoms with Crippen molar-refractivity contribution in [3.63, 3.8) is 0 Å². The van der Waals surface area contributed by atoms with E-state index in [9.17, 15) is 14.0 Å². The van der Waals surface area contributed by atoms with Gasteiger partial charge in [0.2, 0.25) is 0 Å². The van der Waals surface area contributed by atoms with Gasteiger partial charge in [-0.2, -0.15) is 0 Å². The minimum Gasteiger partial charge on any atom is -0.369 e. The van der Waals surface area contributed by atoms with Crippen LogP contribution in [0.2, 0.25) is 0 Å². The zero-order valence-corrected chi connectivity index (χ0v) is 20.1. The van der Waals surface area contributed by atoms with Crippen molar-refractivity contribution < 1.29 is 14.0 Å². The SMILES string of the molecule is CCN1CCN(c2ccc(F)cc2C(C)NC(=O)Nc2cc(C(=O)N(C)C)ccc2C)CC1. The van der Waals surface area contributed by atoms with Crippen molar-refractivity contribution in [1.29, 1.82) is 0 Å². The Balaban J connectivity index is 1.73. The maximum Gasteiger partial charge on any atom is 0.319 e. The van der Waals surface area contributed by atoms with Crippen LogP contribution in [-0.4, -0.2) is 68.6 Å². The minimum absolute atomic E-state index is 0.139. The fourth-order valence-corrected chi connectivity index (χ4v) is 4.05. The highest BCUT2D eigenvalue weighted by Gasteiger charge is 2.22. The van der Waals surface area contributed by atoms with E-state index in [-0.39, 0.29) is 11.7 Å². The van der Waals surface area contributed by atoms with Crippen LogP contribution in [0.25, 0.3) is 0 Å². The first-order chi connectivity index (χ1) is 15.7. The van der Waals surface area contributed by atoms with Gasteiger partial charge < -0.3 is 25.3 Å². The molecule has 0 spiro atoms. The second kappa shape index (κ2) is 10.7. The molecule has 1 unspecified atom stereocenters. The van der Waals surface area contributed by atoms with Crippen molar-refractivity contribution in [2.45, 2.75) is 26.8 Å². The summed E-state index contributed by atoms with van der Waals surface area (Å²) in [6.45, 7) is 10.5. The van der Waals surface area contributed by atoms with Crippen molar-refractivity contribution >= 4 is 23.3 Å². The quantitative estimate of drug-likeness (QED) is 0.694. The molecule has 7 nitrogen and oxygen atoms in total. The van der Waals surface area contributed by atoms with Crippen molar-refractivity contribution in [2.75, 3.05) is 57.0 Å². The number of nitrogens with one attached hydrogen (secondary N) is 2. The van der Waals surface area contributed by atoms with Gasteiger partial charge in [0.25, 0.3) is 5.91 Å². The molecule has 1 heterocycles. The van der Waals surface area contributed by atoms with Gasteiger partial charge in [-0.25, -0.2) is 9.18 Å². The number of carbonyl (C=O) groups is 2. The number of benzene rings is 2. The predicted octanol–water partition coefficient (Wildman–Crippen LogP) is 3.86. The lowest BCUT2D eigenvalue weighted by atomic mass is 10.0. The Labute approximate surface area is 195 Å². The third kappa shape index (κ3) is 6.01. The number of nitrogens with zero attached hydrogens (tertiary/aromatic N) is 3. The Hall–Kier alpha value is -3.13. The Morgan fingerprint density at radius 3 is 2.42 bits per heavy atom. The normalized spacial score (nSPS) is 15.2. The molecular weight excluding hydrogens is 421 g/mol. The first kappa shape index (κ1) is 24.5. The first-order valence-corrected chi connectivity index (χ1v) is 11.4. The molecule has 3 amide bonds. The van der Waals surface area contributed by atoms with Crippen molar-refractivity contribution in [3.05, 3.63) is 58.9 Å². The van der Waals surface area contributed by atoms with E-state index in [2.05, 4.69) is 27.4 Å². The van der Waals surface area contributed by atoms with E-state index in [0.29, 0.717) is 11.3 Å². The number of rotatable bonds is 6. The van der Waals surface area contributed by atoms with Gasteiger partial charge in [-0.3, -0.25) is 4.79 Å². The number of likely N-dealkylation sites (N-methyl/N-ethyl adjacent to an activating group) is 1. The van der Waals surface area contributed by atoms with Gasteiger partial charge >= 0.3 is 6.03 Å². The average Bonchev–Trinajstić information content (AvgIpc) is 2.80. The molecule has 2 aromatic carbocycles. The van der Waals surface area contributed by atoms with Crippen LogP contribution in [0, 0.1) is 12.7 Å². The number of anilines is 2. The fraction of sp³-hybridized carbons (Fsp3) is 0.440. The van der Waals surface area contributed by atoms with Gasteiger partial charge in [0.1, 0.15) is 5.82 Å². The number of aryl methyl sites for hydroxylation is 1. The lowest BCUT2D eigenvalue weighted by Gasteiger charge is -2.37. The average molecular weight is 456 g/mol. The molecule has 178 valence electrons. The number of halogens is 1. The first-order valence-electron chi connectivity index (χ1n) is 11.4. The van der Waals surface area contributed by atoms with Crippen LogP contribution in [0.4, 0.5) is 20.6 Å². The molecule has 3 rings (SSSR count). The summed E-state index contributed by atoms with van der Waals surface area (Å²) in [7, 11) is 3.37.